The van der Waals surface area contributed by atoms with Crippen molar-refractivity contribution in [3.8, 4) is 11.4 Å². The van der Waals surface area contributed by atoms with E-state index in [1.54, 1.807) is 6.07 Å². The van der Waals surface area contributed by atoms with Gasteiger partial charge in [-0.25, -0.2) is 9.37 Å². The Bertz CT molecular complexity index is 1150. The molecule has 0 saturated carbocycles. The molecule has 4 rings (SSSR count). The number of aromatic nitrogens is 3. The molecule has 2 unspecified atom stereocenters. The number of carbonyl (C=O) groups excluding carboxylic acids is 1. The summed E-state index contributed by atoms with van der Waals surface area (Å²) in [5.74, 6) is -1.30. The smallest absolute Gasteiger partial charge is 0.374 e. The molecular formula is C21H20F4N4O3S. The van der Waals surface area contributed by atoms with Gasteiger partial charge in [0.15, 0.2) is 0 Å². The maximum absolute atomic E-state index is 13.7. The Balaban J connectivity index is 1.50. The lowest BCUT2D eigenvalue weighted by Crippen LogP contribution is -2.48. The number of carbonyl (C=O) groups is 1. The number of aryl methyl sites for hydroxylation is 1. The van der Waals surface area contributed by atoms with E-state index in [1.807, 2.05) is 0 Å². The minimum absolute atomic E-state index is 0.0639. The molecule has 0 radical (unpaired) electrons. The van der Waals surface area contributed by atoms with Crippen molar-refractivity contribution in [1.82, 2.24) is 20.0 Å². The summed E-state index contributed by atoms with van der Waals surface area (Å²) >= 11 is 0.659. The van der Waals surface area contributed by atoms with Crippen molar-refractivity contribution < 1.29 is 32.0 Å². The third-order valence-electron chi connectivity index (χ3n) is 5.50. The Kier molecular flexibility index (Phi) is 6.23. The molecule has 0 bridgehead atoms. The van der Waals surface area contributed by atoms with Gasteiger partial charge in [0.2, 0.25) is 23.2 Å². The summed E-state index contributed by atoms with van der Waals surface area (Å²) in [6, 6.07) is 5.66. The van der Waals surface area contributed by atoms with Crippen molar-refractivity contribution in [1.29, 1.82) is 0 Å². The number of hydrogen-bond acceptors (Lipinski definition) is 7. The van der Waals surface area contributed by atoms with Gasteiger partial charge in [0.1, 0.15) is 10.8 Å². The first kappa shape index (κ1) is 23.3. The van der Waals surface area contributed by atoms with Gasteiger partial charge >= 0.3 is 6.18 Å². The van der Waals surface area contributed by atoms with E-state index >= 15 is 0 Å². The van der Waals surface area contributed by atoms with E-state index in [9.17, 15) is 27.5 Å². The maximum atomic E-state index is 13.7. The zero-order chi connectivity index (χ0) is 23.8. The third-order valence-corrected chi connectivity index (χ3v) is 6.61. The molecule has 2 aromatic heterocycles. The molecule has 33 heavy (non-hydrogen) atoms. The number of thiazole rings is 1. The van der Waals surface area contributed by atoms with Crippen LogP contribution in [-0.2, 0) is 10.4 Å². The zero-order valence-corrected chi connectivity index (χ0v) is 18.3. The number of benzene rings is 1. The summed E-state index contributed by atoms with van der Waals surface area (Å²) in [5.41, 5.74) is -2.62. The van der Waals surface area contributed by atoms with Crippen LogP contribution in [0, 0.1) is 12.7 Å². The molecule has 1 aromatic carbocycles. The SMILES string of the molecule is Cc1csc(C(O)(CC(=O)N2CCCC(c3nc(-c4cccc(F)c4)no3)C2)C(F)(F)F)n1. The van der Waals surface area contributed by atoms with Crippen LogP contribution in [0.15, 0.2) is 34.2 Å². The molecule has 12 heteroatoms. The number of likely N-dealkylation sites (tertiary alicyclic amines) is 1. The van der Waals surface area contributed by atoms with Crippen molar-refractivity contribution in [2.45, 2.75) is 43.9 Å². The second-order valence-corrected chi connectivity index (χ2v) is 8.83. The molecule has 2 atom stereocenters. The Morgan fingerprint density at radius 2 is 2.12 bits per heavy atom. The molecule has 0 spiro atoms. The first-order chi connectivity index (χ1) is 15.6. The van der Waals surface area contributed by atoms with Crippen LogP contribution in [0.4, 0.5) is 17.6 Å². The molecule has 7 nitrogen and oxygen atoms in total. The summed E-state index contributed by atoms with van der Waals surface area (Å²) in [6.07, 6.45) is -5.15. The Morgan fingerprint density at radius 1 is 1.33 bits per heavy atom. The number of amides is 1. The third kappa shape index (κ3) is 4.76. The fourth-order valence-corrected chi connectivity index (χ4v) is 4.64. The summed E-state index contributed by atoms with van der Waals surface area (Å²) in [5, 5.41) is 15.2. The van der Waals surface area contributed by atoms with Gasteiger partial charge in [0.05, 0.1) is 12.3 Å². The summed E-state index contributed by atoms with van der Waals surface area (Å²) < 4.78 is 60.0. The fraction of sp³-hybridized carbons (Fsp3) is 0.429. The van der Waals surface area contributed by atoms with E-state index in [-0.39, 0.29) is 24.8 Å². The minimum Gasteiger partial charge on any atom is -0.374 e. The Labute approximate surface area is 190 Å². The van der Waals surface area contributed by atoms with Gasteiger partial charge in [0, 0.05) is 29.7 Å². The highest BCUT2D eigenvalue weighted by Gasteiger charge is 2.58. The molecule has 1 fully saturated rings. The first-order valence-corrected chi connectivity index (χ1v) is 11.0. The lowest BCUT2D eigenvalue weighted by atomic mass is 9.94. The van der Waals surface area contributed by atoms with Crippen molar-refractivity contribution in [2.24, 2.45) is 0 Å². The predicted molar refractivity (Wildman–Crippen MR) is 110 cm³/mol. The van der Waals surface area contributed by atoms with Gasteiger partial charge in [-0.3, -0.25) is 4.79 Å². The van der Waals surface area contributed by atoms with Crippen LogP contribution in [0.25, 0.3) is 11.4 Å². The number of halogens is 4. The average Bonchev–Trinajstić information content (AvgIpc) is 3.43. The molecule has 1 saturated heterocycles. The minimum atomic E-state index is -5.07. The Morgan fingerprint density at radius 3 is 2.79 bits per heavy atom. The monoisotopic (exact) mass is 484 g/mol. The average molecular weight is 484 g/mol. The van der Waals surface area contributed by atoms with Gasteiger partial charge in [-0.1, -0.05) is 17.3 Å². The lowest BCUT2D eigenvalue weighted by Gasteiger charge is -2.34. The van der Waals surface area contributed by atoms with Crippen LogP contribution in [0.5, 0.6) is 0 Å². The van der Waals surface area contributed by atoms with Crippen LogP contribution in [0.1, 0.15) is 41.8 Å². The second-order valence-electron chi connectivity index (χ2n) is 7.97. The summed E-state index contributed by atoms with van der Waals surface area (Å²) in [6.45, 7) is 1.82. The Hall–Kier alpha value is -2.86. The highest BCUT2D eigenvalue weighted by atomic mass is 32.1. The topological polar surface area (TPSA) is 92.3 Å². The van der Waals surface area contributed by atoms with Crippen LogP contribution >= 0.6 is 11.3 Å². The van der Waals surface area contributed by atoms with Crippen molar-refractivity contribution in [3.05, 3.63) is 52.1 Å². The molecule has 3 heterocycles. The number of rotatable bonds is 5. The number of hydrogen-bond donors (Lipinski definition) is 1. The van der Waals surface area contributed by atoms with Gasteiger partial charge in [-0.05, 0) is 31.9 Å². The van der Waals surface area contributed by atoms with Crippen LogP contribution in [-0.4, -0.2) is 50.3 Å². The van der Waals surface area contributed by atoms with E-state index in [2.05, 4.69) is 15.1 Å². The number of piperidine rings is 1. The summed E-state index contributed by atoms with van der Waals surface area (Å²) in [4.78, 5) is 22.1. The van der Waals surface area contributed by atoms with Crippen LogP contribution in [0.2, 0.25) is 0 Å². The summed E-state index contributed by atoms with van der Waals surface area (Å²) in [7, 11) is 0. The highest BCUT2D eigenvalue weighted by Crippen LogP contribution is 2.43. The van der Waals surface area contributed by atoms with Crippen LogP contribution in [0.3, 0.4) is 0 Å². The van der Waals surface area contributed by atoms with Crippen molar-refractivity contribution >= 4 is 17.2 Å². The van der Waals surface area contributed by atoms with E-state index in [0.717, 1.165) is 0 Å². The van der Waals surface area contributed by atoms with E-state index in [0.29, 0.717) is 35.4 Å². The number of nitrogens with zero attached hydrogens (tertiary/aromatic N) is 4. The fourth-order valence-electron chi connectivity index (χ4n) is 3.72. The molecule has 1 amide bonds. The quantitative estimate of drug-likeness (QED) is 0.546. The van der Waals surface area contributed by atoms with E-state index < -0.39 is 40.8 Å². The number of alkyl halides is 3. The van der Waals surface area contributed by atoms with Gasteiger partial charge in [-0.15, -0.1) is 11.3 Å². The maximum Gasteiger partial charge on any atom is 0.424 e. The number of aliphatic hydroxyl groups is 1. The van der Waals surface area contributed by atoms with Crippen molar-refractivity contribution in [3.63, 3.8) is 0 Å². The largest absolute Gasteiger partial charge is 0.424 e. The molecule has 1 N–H and O–H groups in total. The molecule has 0 aliphatic carbocycles. The van der Waals surface area contributed by atoms with E-state index in [1.165, 1.54) is 35.4 Å². The molecule has 1 aliphatic rings. The molecule has 3 aromatic rings. The normalized spacial score (nSPS) is 18.8. The first-order valence-electron chi connectivity index (χ1n) is 10.2. The predicted octanol–water partition coefficient (Wildman–Crippen LogP) is 4.19. The van der Waals surface area contributed by atoms with Crippen molar-refractivity contribution in [2.75, 3.05) is 13.1 Å². The molecular weight excluding hydrogens is 464 g/mol. The lowest BCUT2D eigenvalue weighted by molar-refractivity contribution is -0.268. The second kappa shape index (κ2) is 8.82. The van der Waals surface area contributed by atoms with Gasteiger partial charge < -0.3 is 14.5 Å². The molecule has 176 valence electrons. The molecule has 1 aliphatic heterocycles. The van der Waals surface area contributed by atoms with E-state index in [4.69, 9.17) is 4.52 Å². The highest BCUT2D eigenvalue weighted by molar-refractivity contribution is 7.09. The van der Waals surface area contributed by atoms with Gasteiger partial charge in [-0.2, -0.15) is 18.2 Å². The zero-order valence-electron chi connectivity index (χ0n) is 17.5. The van der Waals surface area contributed by atoms with Gasteiger partial charge in [0.25, 0.3) is 0 Å². The van der Waals surface area contributed by atoms with Crippen LogP contribution < -0.4 is 0 Å². The standard InChI is InChI=1S/C21H20F4N4O3S/c1-12-11-33-19(26-12)20(31,21(23,24)25)9-16(30)29-7-3-5-14(10-29)18-27-17(28-32-18)13-4-2-6-15(22)8-13/h2,4,6,8,11,14,31H,3,5,7,9-10H2,1H3.